The summed E-state index contributed by atoms with van der Waals surface area (Å²) in [6.45, 7) is 0.628. The van der Waals surface area contributed by atoms with Gasteiger partial charge in [0.15, 0.2) is 6.04 Å². The van der Waals surface area contributed by atoms with E-state index in [2.05, 4.69) is 0 Å². The summed E-state index contributed by atoms with van der Waals surface area (Å²) in [6.07, 6.45) is 2.76. The number of nitrogens with zero attached hydrogens (tertiary/aromatic N) is 1. The van der Waals surface area contributed by atoms with Gasteiger partial charge in [-0.1, -0.05) is 0 Å². The summed E-state index contributed by atoms with van der Waals surface area (Å²) in [4.78, 5) is 27.1. The van der Waals surface area contributed by atoms with Gasteiger partial charge in [-0.3, -0.25) is 4.79 Å². The Morgan fingerprint density at radius 3 is 2.89 bits per heavy atom. The number of thiophene rings is 1. The minimum absolute atomic E-state index is 0.113. The molecule has 0 radical (unpaired) electrons. The van der Waals surface area contributed by atoms with E-state index in [4.69, 9.17) is 4.74 Å². The standard InChI is InChI=1S/C13H15NO3S/c1-17-13(16)11-9-5-7-18-10(9)4-6-14(11)12(15)8-2-3-8/h5,7-8,11H,2-4,6H2,1H3. The fraction of sp³-hybridized carbons (Fsp3) is 0.538. The smallest absolute Gasteiger partial charge is 0.333 e. The molecule has 0 spiro atoms. The third-order valence-electron chi connectivity index (χ3n) is 3.60. The van der Waals surface area contributed by atoms with Gasteiger partial charge in [-0.2, -0.15) is 0 Å². The van der Waals surface area contributed by atoms with Gasteiger partial charge in [0.1, 0.15) is 0 Å². The van der Waals surface area contributed by atoms with Crippen LogP contribution in [0.25, 0.3) is 0 Å². The van der Waals surface area contributed by atoms with Crippen LogP contribution in [0.4, 0.5) is 0 Å². The molecule has 1 fully saturated rings. The summed E-state index contributed by atoms with van der Waals surface area (Å²) in [5, 5.41) is 1.98. The largest absolute Gasteiger partial charge is 0.467 e. The van der Waals surface area contributed by atoms with Crippen molar-refractivity contribution in [1.82, 2.24) is 4.90 Å². The predicted octanol–water partition coefficient (Wildman–Crippen LogP) is 1.76. The topological polar surface area (TPSA) is 46.6 Å². The van der Waals surface area contributed by atoms with Crippen molar-refractivity contribution < 1.29 is 14.3 Å². The van der Waals surface area contributed by atoms with Crippen molar-refractivity contribution in [3.05, 3.63) is 21.9 Å². The molecule has 0 bridgehead atoms. The SMILES string of the molecule is COC(=O)C1c2ccsc2CCN1C(=O)C1CC1. The Morgan fingerprint density at radius 1 is 1.44 bits per heavy atom. The number of rotatable bonds is 2. The van der Waals surface area contributed by atoms with E-state index in [0.717, 1.165) is 24.8 Å². The van der Waals surface area contributed by atoms with Crippen molar-refractivity contribution in [2.45, 2.75) is 25.3 Å². The van der Waals surface area contributed by atoms with Crippen molar-refractivity contribution in [1.29, 1.82) is 0 Å². The van der Waals surface area contributed by atoms with Crippen LogP contribution in [0.2, 0.25) is 0 Å². The van der Waals surface area contributed by atoms with E-state index < -0.39 is 6.04 Å². The van der Waals surface area contributed by atoms with Crippen molar-refractivity contribution in [3.8, 4) is 0 Å². The highest BCUT2D eigenvalue weighted by molar-refractivity contribution is 7.10. The van der Waals surface area contributed by atoms with Crippen molar-refractivity contribution >= 4 is 23.2 Å². The van der Waals surface area contributed by atoms with Gasteiger partial charge in [0, 0.05) is 17.3 Å². The third kappa shape index (κ3) is 1.82. The molecule has 3 rings (SSSR count). The molecule has 0 saturated heterocycles. The highest BCUT2D eigenvalue weighted by Gasteiger charge is 2.42. The second-order valence-corrected chi connectivity index (χ2v) is 5.78. The van der Waals surface area contributed by atoms with Crippen LogP contribution in [-0.2, 0) is 20.7 Å². The third-order valence-corrected chi connectivity index (χ3v) is 4.60. The fourth-order valence-corrected chi connectivity index (χ4v) is 3.39. The summed E-state index contributed by atoms with van der Waals surface area (Å²) < 4.78 is 4.87. The van der Waals surface area contributed by atoms with Gasteiger partial charge in [-0.05, 0) is 36.3 Å². The first-order chi connectivity index (χ1) is 8.72. The lowest BCUT2D eigenvalue weighted by molar-refractivity contribution is -0.154. The summed E-state index contributed by atoms with van der Waals surface area (Å²) >= 11 is 1.65. The minimum Gasteiger partial charge on any atom is -0.467 e. The maximum atomic E-state index is 12.2. The number of fused-ring (bicyclic) bond motifs is 1. The second kappa shape index (κ2) is 4.39. The second-order valence-electron chi connectivity index (χ2n) is 4.78. The van der Waals surface area contributed by atoms with E-state index in [1.165, 1.54) is 12.0 Å². The van der Waals surface area contributed by atoms with Crippen LogP contribution >= 0.6 is 11.3 Å². The van der Waals surface area contributed by atoms with Crippen LogP contribution in [-0.4, -0.2) is 30.4 Å². The van der Waals surface area contributed by atoms with Crippen LogP contribution in [0, 0.1) is 5.92 Å². The fourth-order valence-electron chi connectivity index (χ4n) is 2.48. The normalized spacial score (nSPS) is 22.5. The van der Waals surface area contributed by atoms with E-state index in [0.29, 0.717) is 6.54 Å². The molecule has 1 aromatic rings. The molecular weight excluding hydrogens is 250 g/mol. The molecule has 2 heterocycles. The number of methoxy groups -OCH3 is 1. The first-order valence-corrected chi connectivity index (χ1v) is 7.05. The molecule has 1 aromatic heterocycles. The van der Waals surface area contributed by atoms with Gasteiger partial charge in [0.2, 0.25) is 5.91 Å². The molecular formula is C13H15NO3S. The van der Waals surface area contributed by atoms with E-state index in [1.807, 2.05) is 11.4 Å². The molecule has 1 aliphatic carbocycles. The Hall–Kier alpha value is -1.36. The highest BCUT2D eigenvalue weighted by atomic mass is 32.1. The zero-order chi connectivity index (χ0) is 12.7. The molecule has 1 saturated carbocycles. The Morgan fingerprint density at radius 2 is 2.22 bits per heavy atom. The monoisotopic (exact) mass is 265 g/mol. The molecule has 5 heteroatoms. The summed E-state index contributed by atoms with van der Waals surface area (Å²) in [5.74, 6) is -0.0806. The zero-order valence-corrected chi connectivity index (χ0v) is 11.0. The quantitative estimate of drug-likeness (QED) is 0.765. The zero-order valence-electron chi connectivity index (χ0n) is 10.2. The van der Waals surface area contributed by atoms with Crippen LogP contribution in [0.5, 0.6) is 0 Å². The summed E-state index contributed by atoms with van der Waals surface area (Å²) in [5.41, 5.74) is 0.951. The van der Waals surface area contributed by atoms with Crippen LogP contribution in [0.15, 0.2) is 11.4 Å². The van der Waals surface area contributed by atoms with Crippen LogP contribution in [0.3, 0.4) is 0 Å². The molecule has 1 aliphatic heterocycles. The van der Waals surface area contributed by atoms with Crippen molar-refractivity contribution in [3.63, 3.8) is 0 Å². The molecule has 4 nitrogen and oxygen atoms in total. The van der Waals surface area contributed by atoms with Gasteiger partial charge < -0.3 is 9.64 Å². The lowest BCUT2D eigenvalue weighted by atomic mass is 9.99. The molecule has 18 heavy (non-hydrogen) atoms. The van der Waals surface area contributed by atoms with E-state index in [-0.39, 0.29) is 17.8 Å². The maximum Gasteiger partial charge on any atom is 0.333 e. The Labute approximate surface area is 110 Å². The summed E-state index contributed by atoms with van der Waals surface area (Å²) in [7, 11) is 1.38. The van der Waals surface area contributed by atoms with Crippen LogP contribution in [0.1, 0.15) is 29.3 Å². The van der Waals surface area contributed by atoms with Gasteiger partial charge in [-0.25, -0.2) is 4.79 Å². The predicted molar refractivity (Wildman–Crippen MR) is 67.2 cm³/mol. The molecule has 96 valence electrons. The summed E-state index contributed by atoms with van der Waals surface area (Å²) in [6, 6.07) is 1.41. The molecule has 2 aliphatic rings. The first-order valence-electron chi connectivity index (χ1n) is 6.17. The molecule has 1 unspecified atom stereocenters. The number of ether oxygens (including phenoxy) is 1. The minimum atomic E-state index is -0.530. The number of esters is 1. The Balaban J connectivity index is 1.94. The molecule has 0 N–H and O–H groups in total. The number of amides is 1. The number of hydrogen-bond donors (Lipinski definition) is 0. The first kappa shape index (κ1) is 11.7. The Bertz CT molecular complexity index is 492. The number of hydrogen-bond acceptors (Lipinski definition) is 4. The average Bonchev–Trinajstić information content (AvgIpc) is 3.13. The number of carbonyl (C=O) groups excluding carboxylic acids is 2. The van der Waals surface area contributed by atoms with Crippen molar-refractivity contribution in [2.24, 2.45) is 5.92 Å². The molecule has 0 aromatic carbocycles. The lowest BCUT2D eigenvalue weighted by Crippen LogP contribution is -2.44. The van der Waals surface area contributed by atoms with Crippen molar-refractivity contribution in [2.75, 3.05) is 13.7 Å². The Kier molecular flexibility index (Phi) is 2.86. The van der Waals surface area contributed by atoms with E-state index in [9.17, 15) is 9.59 Å². The van der Waals surface area contributed by atoms with Gasteiger partial charge in [-0.15, -0.1) is 11.3 Å². The average molecular weight is 265 g/mol. The highest BCUT2D eigenvalue weighted by Crippen LogP contribution is 2.38. The lowest BCUT2D eigenvalue weighted by Gasteiger charge is -2.34. The molecule has 1 amide bonds. The number of carbonyl (C=O) groups is 2. The van der Waals surface area contributed by atoms with Gasteiger partial charge >= 0.3 is 5.97 Å². The van der Waals surface area contributed by atoms with Crippen LogP contribution < -0.4 is 0 Å². The van der Waals surface area contributed by atoms with Gasteiger partial charge in [0.25, 0.3) is 0 Å². The van der Waals surface area contributed by atoms with E-state index >= 15 is 0 Å². The molecule has 1 atom stereocenters. The van der Waals surface area contributed by atoms with E-state index in [1.54, 1.807) is 16.2 Å². The maximum absolute atomic E-state index is 12.2. The van der Waals surface area contributed by atoms with Gasteiger partial charge in [0.05, 0.1) is 7.11 Å².